The van der Waals surface area contributed by atoms with Gasteiger partial charge >= 0.3 is 0 Å². The average Bonchev–Trinajstić information content (AvgIpc) is 2.12. The Balaban J connectivity index is 3.81. The molecule has 0 spiro atoms. The van der Waals surface area contributed by atoms with Gasteiger partial charge in [-0.05, 0) is 12.8 Å². The van der Waals surface area contributed by atoms with E-state index in [9.17, 15) is 4.79 Å². The minimum atomic E-state index is -0.0773. The van der Waals surface area contributed by atoms with E-state index in [-0.39, 0.29) is 24.5 Å². The van der Waals surface area contributed by atoms with E-state index < -0.39 is 0 Å². The zero-order valence-corrected chi connectivity index (χ0v) is 8.13. The van der Waals surface area contributed by atoms with Crippen LogP contribution in [0.5, 0.6) is 0 Å². The number of hydrogen-bond donors (Lipinski definition) is 2. The van der Waals surface area contributed by atoms with Crippen molar-refractivity contribution in [1.29, 1.82) is 0 Å². The smallest absolute Gasteiger partial charge is 0.223 e. The summed E-state index contributed by atoms with van der Waals surface area (Å²) in [6.45, 7) is 5.83. The summed E-state index contributed by atoms with van der Waals surface area (Å²) in [5.74, 6) is 0.0870. The van der Waals surface area contributed by atoms with Crippen molar-refractivity contribution in [3.63, 3.8) is 0 Å². The van der Waals surface area contributed by atoms with Crippen LogP contribution in [0.25, 0.3) is 0 Å². The molecule has 2 N–H and O–H groups in total. The van der Waals surface area contributed by atoms with Crippen LogP contribution in [0.4, 0.5) is 0 Å². The fourth-order valence-corrected chi connectivity index (χ4v) is 0.806. The molecule has 3 nitrogen and oxygen atoms in total. The number of hydrogen-bond acceptors (Lipinski definition) is 2. The predicted octanol–water partition coefficient (Wildman–Crippen LogP) is 0.920. The molecule has 1 amide bonds. The molecule has 0 aliphatic rings. The highest BCUT2D eigenvalue weighted by molar-refractivity contribution is 5.78. The van der Waals surface area contributed by atoms with Crippen LogP contribution >= 0.6 is 0 Å². The van der Waals surface area contributed by atoms with Gasteiger partial charge in [-0.3, -0.25) is 4.79 Å². The minimum Gasteiger partial charge on any atom is -0.394 e. The maximum absolute atomic E-state index is 11.3. The Kier molecular flexibility index (Phi) is 5.72. The van der Waals surface area contributed by atoms with Crippen LogP contribution in [0.3, 0.4) is 0 Å². The molecule has 0 bridgehead atoms. The lowest BCUT2D eigenvalue weighted by atomic mass is 10.1. The summed E-state index contributed by atoms with van der Waals surface area (Å²) >= 11 is 0. The summed E-state index contributed by atoms with van der Waals surface area (Å²) in [4.78, 5) is 11.3. The summed E-state index contributed by atoms with van der Waals surface area (Å²) < 4.78 is 0. The van der Waals surface area contributed by atoms with Gasteiger partial charge in [-0.15, -0.1) is 0 Å². The Morgan fingerprint density at radius 1 is 1.42 bits per heavy atom. The second-order valence-electron chi connectivity index (χ2n) is 3.11. The monoisotopic (exact) mass is 173 g/mol. The number of amides is 1. The zero-order chi connectivity index (χ0) is 9.56. The Morgan fingerprint density at radius 3 is 2.33 bits per heavy atom. The molecule has 3 heteroatoms. The van der Waals surface area contributed by atoms with Crippen molar-refractivity contribution in [2.45, 2.75) is 39.7 Å². The quantitative estimate of drug-likeness (QED) is 0.649. The van der Waals surface area contributed by atoms with Crippen molar-refractivity contribution in [3.05, 3.63) is 0 Å². The van der Waals surface area contributed by atoms with E-state index in [2.05, 4.69) is 5.32 Å². The van der Waals surface area contributed by atoms with Gasteiger partial charge in [0.25, 0.3) is 0 Å². The van der Waals surface area contributed by atoms with Gasteiger partial charge in [-0.1, -0.05) is 20.8 Å². The number of nitrogens with one attached hydrogen (secondary N) is 1. The lowest BCUT2D eigenvalue weighted by molar-refractivity contribution is -0.125. The molecule has 0 heterocycles. The van der Waals surface area contributed by atoms with Crippen LogP contribution in [0.1, 0.15) is 33.6 Å². The highest BCUT2D eigenvalue weighted by atomic mass is 16.3. The van der Waals surface area contributed by atoms with Gasteiger partial charge in [-0.2, -0.15) is 0 Å². The molecule has 0 rings (SSSR count). The second-order valence-corrected chi connectivity index (χ2v) is 3.11. The van der Waals surface area contributed by atoms with Crippen molar-refractivity contribution in [1.82, 2.24) is 5.32 Å². The minimum absolute atomic E-state index is 0.0265. The van der Waals surface area contributed by atoms with Crippen LogP contribution in [0, 0.1) is 5.92 Å². The molecular formula is C9H19NO2. The maximum Gasteiger partial charge on any atom is 0.223 e. The molecule has 0 aromatic carbocycles. The Labute approximate surface area is 74.2 Å². The van der Waals surface area contributed by atoms with Gasteiger partial charge in [-0.25, -0.2) is 0 Å². The Bertz CT molecular complexity index is 132. The first-order chi connectivity index (χ1) is 5.65. The van der Waals surface area contributed by atoms with Gasteiger partial charge in [0.05, 0.1) is 12.6 Å². The summed E-state index contributed by atoms with van der Waals surface area (Å²) in [7, 11) is 0. The predicted molar refractivity (Wildman–Crippen MR) is 48.8 cm³/mol. The van der Waals surface area contributed by atoms with Crippen molar-refractivity contribution >= 4 is 5.91 Å². The molecular weight excluding hydrogens is 154 g/mol. The van der Waals surface area contributed by atoms with E-state index in [0.717, 1.165) is 12.8 Å². The van der Waals surface area contributed by atoms with Crippen LogP contribution in [-0.2, 0) is 4.79 Å². The number of aliphatic hydroxyl groups excluding tert-OH is 1. The number of carbonyl (C=O) groups is 1. The summed E-state index contributed by atoms with van der Waals surface area (Å²) in [6.07, 6.45) is 1.62. The highest BCUT2D eigenvalue weighted by Crippen LogP contribution is 2.01. The molecule has 12 heavy (non-hydrogen) atoms. The fourth-order valence-electron chi connectivity index (χ4n) is 0.806. The normalized spacial score (nSPS) is 15.3. The van der Waals surface area contributed by atoms with E-state index in [1.165, 1.54) is 0 Å². The second kappa shape index (κ2) is 6.00. The van der Waals surface area contributed by atoms with E-state index in [0.29, 0.717) is 0 Å². The van der Waals surface area contributed by atoms with E-state index in [1.54, 1.807) is 0 Å². The molecule has 0 aliphatic heterocycles. The Hall–Kier alpha value is -0.570. The van der Waals surface area contributed by atoms with Gasteiger partial charge in [0.15, 0.2) is 0 Å². The molecule has 0 saturated heterocycles. The maximum atomic E-state index is 11.3. The van der Waals surface area contributed by atoms with Gasteiger partial charge in [0, 0.05) is 5.92 Å². The lowest BCUT2D eigenvalue weighted by Crippen LogP contribution is -2.39. The van der Waals surface area contributed by atoms with E-state index in [1.807, 2.05) is 20.8 Å². The molecule has 0 aromatic heterocycles. The first-order valence-electron chi connectivity index (χ1n) is 4.56. The largest absolute Gasteiger partial charge is 0.394 e. The number of carbonyl (C=O) groups excluding carboxylic acids is 1. The number of aliphatic hydroxyl groups is 1. The Morgan fingerprint density at radius 2 is 2.00 bits per heavy atom. The third-order valence-corrected chi connectivity index (χ3v) is 2.12. The topological polar surface area (TPSA) is 49.3 Å². The van der Waals surface area contributed by atoms with Crippen molar-refractivity contribution in [2.24, 2.45) is 5.92 Å². The average molecular weight is 173 g/mol. The van der Waals surface area contributed by atoms with Crippen molar-refractivity contribution in [3.8, 4) is 0 Å². The fraction of sp³-hybridized carbons (Fsp3) is 0.889. The molecule has 0 radical (unpaired) electrons. The third-order valence-electron chi connectivity index (χ3n) is 2.12. The third kappa shape index (κ3) is 3.72. The SMILES string of the molecule is CCC(CO)NC(=O)C(C)CC. The van der Waals surface area contributed by atoms with Crippen molar-refractivity contribution in [2.75, 3.05) is 6.61 Å². The van der Waals surface area contributed by atoms with Gasteiger partial charge in [0.2, 0.25) is 5.91 Å². The molecule has 0 fully saturated rings. The van der Waals surface area contributed by atoms with Crippen molar-refractivity contribution < 1.29 is 9.90 Å². The molecule has 0 saturated carbocycles. The first-order valence-corrected chi connectivity index (χ1v) is 4.56. The number of rotatable bonds is 5. The summed E-state index contributed by atoms with van der Waals surface area (Å²) in [5.41, 5.74) is 0. The molecule has 0 aromatic rings. The standard InChI is InChI=1S/C9H19NO2/c1-4-7(3)9(12)10-8(5-2)6-11/h7-8,11H,4-6H2,1-3H3,(H,10,12). The van der Waals surface area contributed by atoms with E-state index in [4.69, 9.17) is 5.11 Å². The highest BCUT2D eigenvalue weighted by Gasteiger charge is 2.13. The van der Waals surface area contributed by atoms with Gasteiger partial charge < -0.3 is 10.4 Å². The zero-order valence-electron chi connectivity index (χ0n) is 8.13. The first kappa shape index (κ1) is 11.4. The molecule has 2 atom stereocenters. The van der Waals surface area contributed by atoms with Crippen LogP contribution in [0.2, 0.25) is 0 Å². The molecule has 72 valence electrons. The summed E-state index contributed by atoms with van der Waals surface area (Å²) in [6, 6.07) is -0.0773. The summed E-state index contributed by atoms with van der Waals surface area (Å²) in [5, 5.41) is 11.6. The van der Waals surface area contributed by atoms with Gasteiger partial charge in [0.1, 0.15) is 0 Å². The van der Waals surface area contributed by atoms with Crippen LogP contribution < -0.4 is 5.32 Å². The molecule has 0 aliphatic carbocycles. The van der Waals surface area contributed by atoms with E-state index >= 15 is 0 Å². The lowest BCUT2D eigenvalue weighted by Gasteiger charge is -2.16. The van der Waals surface area contributed by atoms with Crippen LogP contribution in [0.15, 0.2) is 0 Å². The van der Waals surface area contributed by atoms with Crippen LogP contribution in [-0.4, -0.2) is 23.7 Å². The molecule has 2 unspecified atom stereocenters.